The number of rotatable bonds is 2. The zero-order valence-electron chi connectivity index (χ0n) is 16.0. The Morgan fingerprint density at radius 2 is 1.38 bits per heavy atom. The average molecular weight is 335 g/mol. The summed E-state index contributed by atoms with van der Waals surface area (Å²) < 4.78 is 5.88. The highest BCUT2D eigenvalue weighted by Gasteiger charge is 2.50. The molecular weight excluding hydrogens is 296 g/mol. The van der Waals surface area contributed by atoms with E-state index in [0.717, 1.165) is 35.5 Å². The van der Waals surface area contributed by atoms with Gasteiger partial charge in [0.15, 0.2) is 6.29 Å². The zero-order valence-corrected chi connectivity index (χ0v) is 16.0. The topological polar surface area (TPSA) is 29.5 Å². The minimum atomic E-state index is -0.561. The van der Waals surface area contributed by atoms with Crippen molar-refractivity contribution in [2.45, 2.75) is 96.9 Å². The summed E-state index contributed by atoms with van der Waals surface area (Å²) in [7, 11) is 0. The van der Waals surface area contributed by atoms with Gasteiger partial charge in [0.2, 0.25) is 0 Å². The van der Waals surface area contributed by atoms with E-state index < -0.39 is 6.29 Å². The molecule has 138 valence electrons. The summed E-state index contributed by atoms with van der Waals surface area (Å²) in [6, 6.07) is 0. The fourth-order valence-corrected chi connectivity index (χ4v) is 7.23. The van der Waals surface area contributed by atoms with E-state index >= 15 is 0 Å². The molecule has 0 aromatic heterocycles. The lowest BCUT2D eigenvalue weighted by molar-refractivity contribution is -0.204. The Bertz CT molecular complexity index is 440. The van der Waals surface area contributed by atoms with Gasteiger partial charge in [0, 0.05) is 5.92 Å². The molecule has 1 N–H and O–H groups in total. The second kappa shape index (κ2) is 6.58. The van der Waals surface area contributed by atoms with Crippen LogP contribution in [-0.4, -0.2) is 17.0 Å². The van der Waals surface area contributed by atoms with Crippen LogP contribution in [0.3, 0.4) is 0 Å². The predicted octanol–water partition coefficient (Wildman–Crippen LogP) is 5.39. The van der Waals surface area contributed by atoms with Crippen LogP contribution < -0.4 is 0 Å². The quantitative estimate of drug-likeness (QED) is 0.686. The minimum Gasteiger partial charge on any atom is -0.368 e. The first-order valence-corrected chi connectivity index (χ1v) is 10.8. The second-order valence-corrected chi connectivity index (χ2v) is 10.5. The maximum atomic E-state index is 10.5. The molecule has 3 unspecified atom stereocenters. The zero-order chi connectivity index (χ0) is 16.9. The van der Waals surface area contributed by atoms with Crippen molar-refractivity contribution in [2.75, 3.05) is 0 Å². The third-order valence-corrected chi connectivity index (χ3v) is 8.07. The van der Waals surface area contributed by atoms with Gasteiger partial charge in [0.05, 0.1) is 5.60 Å². The molecule has 0 spiro atoms. The Morgan fingerprint density at radius 1 is 0.750 bits per heavy atom. The Hall–Kier alpha value is -0.0800. The highest BCUT2D eigenvalue weighted by atomic mass is 16.6. The molecular formula is C22H38O2. The van der Waals surface area contributed by atoms with E-state index in [0.29, 0.717) is 5.92 Å². The first-order chi connectivity index (χ1) is 11.4. The summed E-state index contributed by atoms with van der Waals surface area (Å²) in [6.45, 7) is 6.15. The van der Waals surface area contributed by atoms with Crippen LogP contribution in [0.5, 0.6) is 0 Å². The number of aliphatic hydroxyl groups excluding tert-OH is 1. The number of hydrogen-bond acceptors (Lipinski definition) is 2. The molecule has 0 aromatic carbocycles. The van der Waals surface area contributed by atoms with Crippen LogP contribution in [0.25, 0.3) is 0 Å². The average Bonchev–Trinajstić information content (AvgIpc) is 3.01. The summed E-state index contributed by atoms with van der Waals surface area (Å²) in [6.07, 6.45) is 13.7. The molecule has 0 radical (unpaired) electrons. The molecule has 2 nitrogen and oxygen atoms in total. The van der Waals surface area contributed by atoms with Crippen LogP contribution in [0.15, 0.2) is 0 Å². The van der Waals surface area contributed by atoms with Crippen LogP contribution in [0.4, 0.5) is 0 Å². The summed E-state index contributed by atoms with van der Waals surface area (Å²) in [5.41, 5.74) is -0.241. The van der Waals surface area contributed by atoms with Crippen molar-refractivity contribution < 1.29 is 9.84 Å². The maximum Gasteiger partial charge on any atom is 0.158 e. The number of ether oxygens (including phenoxy) is 1. The van der Waals surface area contributed by atoms with Gasteiger partial charge in [0.1, 0.15) is 0 Å². The van der Waals surface area contributed by atoms with Gasteiger partial charge in [-0.1, -0.05) is 12.8 Å². The van der Waals surface area contributed by atoms with Gasteiger partial charge >= 0.3 is 0 Å². The molecule has 8 atom stereocenters. The first kappa shape index (κ1) is 17.3. The van der Waals surface area contributed by atoms with E-state index in [1.54, 1.807) is 0 Å². The minimum absolute atomic E-state index is 0.241. The van der Waals surface area contributed by atoms with Gasteiger partial charge in [-0.3, -0.25) is 0 Å². The van der Waals surface area contributed by atoms with Crippen LogP contribution >= 0.6 is 0 Å². The fourth-order valence-electron chi connectivity index (χ4n) is 7.23. The summed E-state index contributed by atoms with van der Waals surface area (Å²) in [5.74, 6) is 6.43. The molecule has 0 saturated heterocycles. The molecule has 4 rings (SSSR count). The molecule has 0 bridgehead atoms. The highest BCUT2D eigenvalue weighted by molar-refractivity contribution is 4.99. The Balaban J connectivity index is 1.39. The van der Waals surface area contributed by atoms with Crippen molar-refractivity contribution in [3.63, 3.8) is 0 Å². The normalized spacial score (nSPS) is 46.8. The van der Waals surface area contributed by atoms with E-state index in [4.69, 9.17) is 4.74 Å². The van der Waals surface area contributed by atoms with E-state index in [2.05, 4.69) is 0 Å². The number of fused-ring (bicyclic) bond motifs is 5. The van der Waals surface area contributed by atoms with Crippen molar-refractivity contribution in [1.82, 2.24) is 0 Å². The monoisotopic (exact) mass is 334 g/mol. The van der Waals surface area contributed by atoms with Crippen LogP contribution in [0.2, 0.25) is 0 Å². The number of hydrogen-bond donors (Lipinski definition) is 1. The molecule has 0 aromatic rings. The largest absolute Gasteiger partial charge is 0.368 e. The van der Waals surface area contributed by atoms with Crippen molar-refractivity contribution in [3.8, 4) is 0 Å². The number of aliphatic hydroxyl groups is 1. The smallest absolute Gasteiger partial charge is 0.158 e. The second-order valence-electron chi connectivity index (χ2n) is 10.5. The Morgan fingerprint density at radius 3 is 2.08 bits per heavy atom. The highest BCUT2D eigenvalue weighted by Crippen LogP contribution is 2.58. The SMILES string of the molecule is CC(C)(C)OC(O)C1CC[C@H]2C(CC[C@H]3[C@@H]4CCC[C@H]4CC[C@@H]32)C1. The lowest BCUT2D eigenvalue weighted by Crippen LogP contribution is -2.46. The predicted molar refractivity (Wildman–Crippen MR) is 97.4 cm³/mol. The molecule has 24 heavy (non-hydrogen) atoms. The van der Waals surface area contributed by atoms with Gasteiger partial charge in [0.25, 0.3) is 0 Å². The van der Waals surface area contributed by atoms with Gasteiger partial charge in [-0.25, -0.2) is 0 Å². The van der Waals surface area contributed by atoms with Crippen molar-refractivity contribution >= 4 is 0 Å². The third-order valence-electron chi connectivity index (χ3n) is 8.07. The summed E-state index contributed by atoms with van der Waals surface area (Å²) in [5, 5.41) is 10.5. The standard InChI is InChI=1S/C22H38O2/c1-22(2,3)24-21(23)16-9-10-18-15(13-16)8-12-19-17-6-4-5-14(17)7-11-20(18)19/h14-21,23H,4-13H2,1-3H3/t14-,15?,16?,17+,18-,19-,20+,21?/m0/s1. The summed E-state index contributed by atoms with van der Waals surface area (Å²) >= 11 is 0. The molecule has 0 amide bonds. The fraction of sp³-hybridized carbons (Fsp3) is 1.00. The van der Waals surface area contributed by atoms with E-state index in [9.17, 15) is 5.11 Å². The van der Waals surface area contributed by atoms with Gasteiger partial charge < -0.3 is 9.84 Å². The van der Waals surface area contributed by atoms with Gasteiger partial charge in [-0.15, -0.1) is 0 Å². The van der Waals surface area contributed by atoms with Crippen molar-refractivity contribution in [3.05, 3.63) is 0 Å². The van der Waals surface area contributed by atoms with Crippen LogP contribution in [0.1, 0.15) is 85.0 Å². The van der Waals surface area contributed by atoms with Crippen LogP contribution in [-0.2, 0) is 4.74 Å². The molecule has 4 fully saturated rings. The molecule has 0 aliphatic heterocycles. The lowest BCUT2D eigenvalue weighted by Gasteiger charge is -2.53. The Labute approximate surface area is 148 Å². The molecule has 4 aliphatic carbocycles. The molecule has 4 saturated carbocycles. The van der Waals surface area contributed by atoms with Gasteiger partial charge in [-0.2, -0.15) is 0 Å². The lowest BCUT2D eigenvalue weighted by atomic mass is 9.53. The molecule has 4 aliphatic rings. The van der Waals surface area contributed by atoms with Crippen molar-refractivity contribution in [2.24, 2.45) is 41.4 Å². The van der Waals surface area contributed by atoms with E-state index in [-0.39, 0.29) is 5.60 Å². The third kappa shape index (κ3) is 3.30. The molecule has 0 heterocycles. The van der Waals surface area contributed by atoms with E-state index in [1.165, 1.54) is 64.2 Å². The van der Waals surface area contributed by atoms with Crippen LogP contribution in [0, 0.1) is 41.4 Å². The van der Waals surface area contributed by atoms with E-state index in [1.807, 2.05) is 20.8 Å². The summed E-state index contributed by atoms with van der Waals surface area (Å²) in [4.78, 5) is 0. The maximum absolute atomic E-state index is 10.5. The Kier molecular flexibility index (Phi) is 4.75. The first-order valence-electron chi connectivity index (χ1n) is 10.8. The van der Waals surface area contributed by atoms with Gasteiger partial charge in [-0.05, 0) is 108 Å². The molecule has 2 heteroatoms. The van der Waals surface area contributed by atoms with Crippen molar-refractivity contribution in [1.29, 1.82) is 0 Å².